The van der Waals surface area contributed by atoms with Crippen molar-refractivity contribution >= 4 is 16.8 Å². The molecule has 0 fully saturated rings. The Bertz CT molecular complexity index is 904. The second kappa shape index (κ2) is 7.30. The van der Waals surface area contributed by atoms with Gasteiger partial charge in [0.2, 0.25) is 5.88 Å². The van der Waals surface area contributed by atoms with Crippen molar-refractivity contribution in [2.75, 3.05) is 20.2 Å². The molecule has 0 spiro atoms. The number of benzene rings is 1. The number of amides is 1. The quantitative estimate of drug-likeness (QED) is 0.712. The number of rotatable bonds is 5. The molecule has 1 aromatic carbocycles. The summed E-state index contributed by atoms with van der Waals surface area (Å²) in [5, 5.41) is 0.935. The van der Waals surface area contributed by atoms with Crippen LogP contribution in [-0.4, -0.2) is 41.0 Å². The van der Waals surface area contributed by atoms with E-state index in [-0.39, 0.29) is 5.91 Å². The largest absolute Gasteiger partial charge is 0.481 e. The molecule has 0 N–H and O–H groups in total. The molecular weight excluding hydrogens is 314 g/mol. The van der Waals surface area contributed by atoms with Gasteiger partial charge in [0.25, 0.3) is 5.91 Å². The molecule has 0 aliphatic rings. The molecule has 0 aliphatic carbocycles. The highest BCUT2D eigenvalue weighted by Crippen LogP contribution is 2.27. The first-order valence-corrected chi connectivity index (χ1v) is 8.38. The molecule has 0 unspecified atom stereocenters. The van der Waals surface area contributed by atoms with E-state index in [0.29, 0.717) is 35.9 Å². The number of para-hydroxylation sites is 1. The van der Waals surface area contributed by atoms with E-state index in [1.807, 2.05) is 56.3 Å². The molecule has 128 valence electrons. The number of carbonyl (C=O) groups is 1. The summed E-state index contributed by atoms with van der Waals surface area (Å²) in [6.07, 6.45) is 0. The molecule has 0 radical (unpaired) electrons. The van der Waals surface area contributed by atoms with E-state index in [2.05, 4.69) is 4.98 Å². The van der Waals surface area contributed by atoms with Crippen LogP contribution in [0.1, 0.15) is 24.2 Å². The normalized spacial score (nSPS) is 10.7. The summed E-state index contributed by atoms with van der Waals surface area (Å²) in [4.78, 5) is 24.0. The van der Waals surface area contributed by atoms with Gasteiger partial charge in [-0.25, -0.2) is 9.97 Å². The van der Waals surface area contributed by atoms with Gasteiger partial charge < -0.3 is 9.64 Å². The molecule has 0 bridgehead atoms. The van der Waals surface area contributed by atoms with E-state index in [1.54, 1.807) is 18.1 Å². The van der Waals surface area contributed by atoms with Crippen molar-refractivity contribution in [2.24, 2.45) is 0 Å². The standard InChI is InChI=1S/C20H21N3O2/c1-4-23(5-2)20(24)15-13-14-9-6-7-10-16(14)22-19(15)17-11-8-12-18(21-17)25-3/h6-13H,4-5H2,1-3H3. The highest BCUT2D eigenvalue weighted by atomic mass is 16.5. The molecule has 0 aliphatic heterocycles. The minimum absolute atomic E-state index is 0.0390. The van der Waals surface area contributed by atoms with Crippen LogP contribution >= 0.6 is 0 Å². The first-order chi connectivity index (χ1) is 12.2. The van der Waals surface area contributed by atoms with Gasteiger partial charge in [-0.1, -0.05) is 24.3 Å². The maximum absolute atomic E-state index is 13.0. The monoisotopic (exact) mass is 335 g/mol. The van der Waals surface area contributed by atoms with E-state index >= 15 is 0 Å². The molecule has 3 rings (SSSR count). The van der Waals surface area contributed by atoms with Crippen molar-refractivity contribution in [3.8, 4) is 17.3 Å². The van der Waals surface area contributed by atoms with Crippen LogP contribution in [0.3, 0.4) is 0 Å². The summed E-state index contributed by atoms with van der Waals surface area (Å²) in [6.45, 7) is 5.24. The number of aromatic nitrogens is 2. The maximum atomic E-state index is 13.0. The van der Waals surface area contributed by atoms with Crippen molar-refractivity contribution in [3.05, 3.63) is 54.1 Å². The number of pyridine rings is 2. The molecule has 2 heterocycles. The third kappa shape index (κ3) is 3.31. The fourth-order valence-corrected chi connectivity index (χ4v) is 2.82. The third-order valence-corrected chi connectivity index (χ3v) is 4.18. The van der Waals surface area contributed by atoms with Gasteiger partial charge in [0.15, 0.2) is 0 Å². The molecular formula is C20H21N3O2. The topological polar surface area (TPSA) is 55.3 Å². The van der Waals surface area contributed by atoms with Crippen LogP contribution in [0.2, 0.25) is 0 Å². The minimum atomic E-state index is -0.0390. The summed E-state index contributed by atoms with van der Waals surface area (Å²) >= 11 is 0. The zero-order chi connectivity index (χ0) is 17.8. The zero-order valence-electron chi connectivity index (χ0n) is 14.7. The number of ether oxygens (including phenoxy) is 1. The summed E-state index contributed by atoms with van der Waals surface area (Å²) < 4.78 is 5.22. The first kappa shape index (κ1) is 16.9. The van der Waals surface area contributed by atoms with E-state index in [1.165, 1.54) is 0 Å². The van der Waals surface area contributed by atoms with Crippen LogP contribution in [0.25, 0.3) is 22.3 Å². The Hall–Kier alpha value is -2.95. The highest BCUT2D eigenvalue weighted by molar-refractivity contribution is 6.03. The van der Waals surface area contributed by atoms with Gasteiger partial charge in [0.1, 0.15) is 5.69 Å². The lowest BCUT2D eigenvalue weighted by Gasteiger charge is -2.20. The lowest BCUT2D eigenvalue weighted by Crippen LogP contribution is -2.31. The zero-order valence-corrected chi connectivity index (χ0v) is 14.7. The van der Waals surface area contributed by atoms with Crippen molar-refractivity contribution in [1.29, 1.82) is 0 Å². The van der Waals surface area contributed by atoms with E-state index < -0.39 is 0 Å². The first-order valence-electron chi connectivity index (χ1n) is 8.38. The van der Waals surface area contributed by atoms with Crippen LogP contribution in [0.15, 0.2) is 48.5 Å². The van der Waals surface area contributed by atoms with Crippen LogP contribution in [0, 0.1) is 0 Å². The number of methoxy groups -OCH3 is 1. The summed E-state index contributed by atoms with van der Waals surface area (Å²) in [5.41, 5.74) is 2.59. The summed E-state index contributed by atoms with van der Waals surface area (Å²) in [5.74, 6) is 0.455. The van der Waals surface area contributed by atoms with Crippen molar-refractivity contribution < 1.29 is 9.53 Å². The van der Waals surface area contributed by atoms with E-state index in [4.69, 9.17) is 9.72 Å². The second-order valence-corrected chi connectivity index (χ2v) is 5.62. The predicted molar refractivity (Wildman–Crippen MR) is 98.8 cm³/mol. The van der Waals surface area contributed by atoms with Gasteiger partial charge in [-0.3, -0.25) is 4.79 Å². The third-order valence-electron chi connectivity index (χ3n) is 4.18. The molecule has 0 saturated heterocycles. The van der Waals surface area contributed by atoms with Crippen LogP contribution in [-0.2, 0) is 0 Å². The summed E-state index contributed by atoms with van der Waals surface area (Å²) in [6, 6.07) is 15.1. The molecule has 5 nitrogen and oxygen atoms in total. The number of nitrogens with zero attached hydrogens (tertiary/aromatic N) is 3. The van der Waals surface area contributed by atoms with Gasteiger partial charge in [-0.2, -0.15) is 0 Å². The fourth-order valence-electron chi connectivity index (χ4n) is 2.82. The lowest BCUT2D eigenvalue weighted by molar-refractivity contribution is 0.0773. The Morgan fingerprint density at radius 2 is 1.80 bits per heavy atom. The highest BCUT2D eigenvalue weighted by Gasteiger charge is 2.20. The van der Waals surface area contributed by atoms with Gasteiger partial charge in [0, 0.05) is 24.5 Å². The molecule has 0 saturated carbocycles. The van der Waals surface area contributed by atoms with Crippen molar-refractivity contribution in [1.82, 2.24) is 14.9 Å². The van der Waals surface area contributed by atoms with Gasteiger partial charge in [-0.05, 0) is 32.0 Å². The van der Waals surface area contributed by atoms with Crippen LogP contribution < -0.4 is 4.74 Å². The minimum Gasteiger partial charge on any atom is -0.481 e. The Morgan fingerprint density at radius 1 is 1.04 bits per heavy atom. The predicted octanol–water partition coefficient (Wildman–Crippen LogP) is 3.79. The number of fused-ring (bicyclic) bond motifs is 1. The van der Waals surface area contributed by atoms with E-state index in [0.717, 1.165) is 10.9 Å². The molecule has 2 aromatic heterocycles. The maximum Gasteiger partial charge on any atom is 0.256 e. The smallest absolute Gasteiger partial charge is 0.256 e. The molecule has 5 heteroatoms. The number of hydrogen-bond donors (Lipinski definition) is 0. The van der Waals surface area contributed by atoms with Crippen LogP contribution in [0.4, 0.5) is 0 Å². The number of hydrogen-bond acceptors (Lipinski definition) is 4. The molecule has 0 atom stereocenters. The number of carbonyl (C=O) groups excluding carboxylic acids is 1. The Labute approximate surface area is 147 Å². The average Bonchev–Trinajstić information content (AvgIpc) is 2.67. The SMILES string of the molecule is CCN(CC)C(=O)c1cc2ccccc2nc1-c1cccc(OC)n1. The Kier molecular flexibility index (Phi) is 4.93. The Balaban J connectivity index is 2.23. The average molecular weight is 335 g/mol. The molecule has 1 amide bonds. The van der Waals surface area contributed by atoms with Gasteiger partial charge >= 0.3 is 0 Å². The van der Waals surface area contributed by atoms with E-state index in [9.17, 15) is 4.79 Å². The van der Waals surface area contributed by atoms with Gasteiger partial charge in [0.05, 0.1) is 23.9 Å². The van der Waals surface area contributed by atoms with Gasteiger partial charge in [-0.15, -0.1) is 0 Å². The molecule has 25 heavy (non-hydrogen) atoms. The Morgan fingerprint density at radius 3 is 2.52 bits per heavy atom. The lowest BCUT2D eigenvalue weighted by atomic mass is 10.1. The second-order valence-electron chi connectivity index (χ2n) is 5.62. The molecule has 3 aromatic rings. The van der Waals surface area contributed by atoms with Crippen LogP contribution in [0.5, 0.6) is 5.88 Å². The van der Waals surface area contributed by atoms with Crippen molar-refractivity contribution in [2.45, 2.75) is 13.8 Å². The van der Waals surface area contributed by atoms with Crippen molar-refractivity contribution in [3.63, 3.8) is 0 Å². The fraction of sp³-hybridized carbons (Fsp3) is 0.250. The summed E-state index contributed by atoms with van der Waals surface area (Å²) in [7, 11) is 1.57.